The zero-order valence-electron chi connectivity index (χ0n) is 18.8. The van der Waals surface area contributed by atoms with E-state index in [1.165, 1.54) is 18.2 Å². The van der Waals surface area contributed by atoms with Gasteiger partial charge in [-0.2, -0.15) is 18.4 Å². The van der Waals surface area contributed by atoms with Crippen LogP contribution >= 0.6 is 0 Å². The summed E-state index contributed by atoms with van der Waals surface area (Å²) in [6.45, 7) is 4.20. The second-order valence-electron chi connectivity index (χ2n) is 8.81. The van der Waals surface area contributed by atoms with Crippen LogP contribution in [0.25, 0.3) is 10.9 Å². The molecule has 3 rings (SSSR count). The summed E-state index contributed by atoms with van der Waals surface area (Å²) < 4.78 is 39.9. The van der Waals surface area contributed by atoms with Crippen LogP contribution in [0.3, 0.4) is 0 Å². The molecule has 4 N–H and O–H groups in total. The first-order valence-corrected chi connectivity index (χ1v) is 11.0. The SMILES string of the molecule is CC(C)C[C@H](NC(=O)c1cc2cccc(C(F)(F)F)c2[nH]1)C(=O)N[C@H](C#N)C[C@@H]1CCNC1=O. The van der Waals surface area contributed by atoms with Crippen LogP contribution < -0.4 is 16.0 Å². The summed E-state index contributed by atoms with van der Waals surface area (Å²) in [5.41, 5.74) is -1.23. The molecule has 1 fully saturated rings. The number of H-pyrrole nitrogens is 1. The Morgan fingerprint density at radius 3 is 2.59 bits per heavy atom. The Labute approximate surface area is 194 Å². The second-order valence-corrected chi connectivity index (χ2v) is 8.81. The molecule has 11 heteroatoms. The van der Waals surface area contributed by atoms with Crippen molar-refractivity contribution in [2.45, 2.75) is 51.4 Å². The second kappa shape index (κ2) is 10.2. The van der Waals surface area contributed by atoms with Gasteiger partial charge in [-0.1, -0.05) is 26.0 Å². The molecule has 0 spiro atoms. The third kappa shape index (κ3) is 5.87. The highest BCUT2D eigenvalue weighted by Crippen LogP contribution is 2.34. The van der Waals surface area contributed by atoms with Gasteiger partial charge < -0.3 is 20.9 Å². The summed E-state index contributed by atoms with van der Waals surface area (Å²) in [4.78, 5) is 40.0. The smallest absolute Gasteiger partial charge is 0.356 e. The van der Waals surface area contributed by atoms with Crippen LogP contribution in [0.5, 0.6) is 0 Å². The van der Waals surface area contributed by atoms with Crippen molar-refractivity contribution in [1.82, 2.24) is 20.9 Å². The Bertz CT molecular complexity index is 1120. The average molecular weight is 477 g/mol. The maximum atomic E-state index is 13.3. The number of rotatable bonds is 8. The lowest BCUT2D eigenvalue weighted by Crippen LogP contribution is -2.50. The molecule has 2 aromatic rings. The Kier molecular flexibility index (Phi) is 7.49. The highest BCUT2D eigenvalue weighted by Gasteiger charge is 2.34. The zero-order valence-corrected chi connectivity index (χ0v) is 18.8. The number of nitriles is 1. The monoisotopic (exact) mass is 477 g/mol. The minimum absolute atomic E-state index is 0.00302. The van der Waals surface area contributed by atoms with Crippen molar-refractivity contribution in [2.24, 2.45) is 11.8 Å². The fourth-order valence-corrected chi connectivity index (χ4v) is 4.02. The van der Waals surface area contributed by atoms with Gasteiger partial charge >= 0.3 is 6.18 Å². The van der Waals surface area contributed by atoms with Gasteiger partial charge in [-0.25, -0.2) is 0 Å². The predicted molar refractivity (Wildman–Crippen MR) is 117 cm³/mol. The summed E-state index contributed by atoms with van der Waals surface area (Å²) in [6, 6.07) is 4.95. The number of aromatic nitrogens is 1. The van der Waals surface area contributed by atoms with E-state index in [0.717, 1.165) is 6.07 Å². The number of carbonyl (C=O) groups excluding carboxylic acids is 3. The number of hydrogen-bond acceptors (Lipinski definition) is 4. The molecule has 0 unspecified atom stereocenters. The number of carbonyl (C=O) groups is 3. The van der Waals surface area contributed by atoms with E-state index in [2.05, 4.69) is 20.9 Å². The third-order valence-corrected chi connectivity index (χ3v) is 5.69. The average Bonchev–Trinajstić information content (AvgIpc) is 3.37. The van der Waals surface area contributed by atoms with Crippen LogP contribution in [-0.2, 0) is 15.8 Å². The molecule has 0 saturated carbocycles. The van der Waals surface area contributed by atoms with Crippen LogP contribution in [0, 0.1) is 23.2 Å². The van der Waals surface area contributed by atoms with Crippen LogP contribution in [0.15, 0.2) is 24.3 Å². The van der Waals surface area contributed by atoms with E-state index in [4.69, 9.17) is 0 Å². The quantitative estimate of drug-likeness (QED) is 0.466. The van der Waals surface area contributed by atoms with E-state index < -0.39 is 35.6 Å². The lowest BCUT2D eigenvalue weighted by Gasteiger charge is -2.22. The molecule has 2 heterocycles. The number of halogens is 3. The van der Waals surface area contributed by atoms with Crippen molar-refractivity contribution < 1.29 is 27.6 Å². The number of nitrogens with one attached hydrogen (secondary N) is 4. The van der Waals surface area contributed by atoms with Crippen molar-refractivity contribution in [1.29, 1.82) is 5.26 Å². The molecule has 1 aliphatic rings. The first kappa shape index (κ1) is 25.1. The number of fused-ring (bicyclic) bond motifs is 1. The molecule has 0 aliphatic carbocycles. The molecule has 1 saturated heterocycles. The lowest BCUT2D eigenvalue weighted by molar-refractivity contribution is -0.136. The van der Waals surface area contributed by atoms with Crippen molar-refractivity contribution in [3.8, 4) is 6.07 Å². The van der Waals surface area contributed by atoms with Gasteiger partial charge in [-0.15, -0.1) is 0 Å². The molecule has 0 bridgehead atoms. The van der Waals surface area contributed by atoms with Gasteiger partial charge in [-0.05, 0) is 37.3 Å². The predicted octanol–water partition coefficient (Wildman–Crippen LogP) is 2.87. The first-order valence-electron chi connectivity index (χ1n) is 11.0. The maximum absolute atomic E-state index is 13.3. The van der Waals surface area contributed by atoms with Gasteiger partial charge in [0.25, 0.3) is 5.91 Å². The Hall–Kier alpha value is -3.55. The Morgan fingerprint density at radius 2 is 2.00 bits per heavy atom. The highest BCUT2D eigenvalue weighted by molar-refractivity contribution is 6.00. The van der Waals surface area contributed by atoms with Gasteiger partial charge in [-0.3, -0.25) is 14.4 Å². The zero-order chi connectivity index (χ0) is 25.0. The molecule has 1 aromatic heterocycles. The highest BCUT2D eigenvalue weighted by atomic mass is 19.4. The van der Waals surface area contributed by atoms with Crippen molar-refractivity contribution in [2.75, 3.05) is 6.54 Å². The molecule has 1 aliphatic heterocycles. The largest absolute Gasteiger partial charge is 0.418 e. The number of amides is 3. The van der Waals surface area contributed by atoms with E-state index in [9.17, 15) is 32.8 Å². The fourth-order valence-electron chi connectivity index (χ4n) is 4.02. The summed E-state index contributed by atoms with van der Waals surface area (Å²) in [7, 11) is 0. The van der Waals surface area contributed by atoms with E-state index in [1.807, 2.05) is 19.9 Å². The molecule has 8 nitrogen and oxygen atoms in total. The van der Waals surface area contributed by atoms with Crippen molar-refractivity contribution >= 4 is 28.6 Å². The Morgan fingerprint density at radius 1 is 1.26 bits per heavy atom. The van der Waals surface area contributed by atoms with Gasteiger partial charge in [0.1, 0.15) is 17.8 Å². The van der Waals surface area contributed by atoms with Gasteiger partial charge in [0.2, 0.25) is 11.8 Å². The molecule has 182 valence electrons. The standard InChI is InChI=1S/C23H26F3N5O3/c1-12(2)8-17(21(33)29-15(11-27)9-14-6-7-28-20(14)32)31-22(34)18-10-13-4-3-5-16(19(13)30-18)23(24,25)26/h3-5,10,12,14-15,17,30H,6-9H2,1-2H3,(H,28,32)(H,29,33)(H,31,34)/t14-,15-,17-/m0/s1. The molecule has 3 atom stereocenters. The van der Waals surface area contributed by atoms with Crippen LogP contribution in [0.2, 0.25) is 0 Å². The summed E-state index contributed by atoms with van der Waals surface area (Å²) in [6.07, 6.45) is -3.63. The van der Waals surface area contributed by atoms with Crippen LogP contribution in [0.1, 0.15) is 49.2 Å². The molecule has 1 aromatic carbocycles. The van der Waals surface area contributed by atoms with Gasteiger partial charge in [0.15, 0.2) is 0 Å². The fraction of sp³-hybridized carbons (Fsp3) is 0.478. The van der Waals surface area contributed by atoms with E-state index >= 15 is 0 Å². The molecule has 3 amide bonds. The topological polar surface area (TPSA) is 127 Å². The number of aromatic amines is 1. The molecule has 34 heavy (non-hydrogen) atoms. The van der Waals surface area contributed by atoms with E-state index in [-0.39, 0.29) is 47.2 Å². The van der Waals surface area contributed by atoms with Crippen molar-refractivity contribution in [3.05, 3.63) is 35.5 Å². The Balaban J connectivity index is 1.75. The van der Waals surface area contributed by atoms with Gasteiger partial charge in [0, 0.05) is 17.8 Å². The minimum Gasteiger partial charge on any atom is -0.356 e. The molecular formula is C23H26F3N5O3. The first-order chi connectivity index (χ1) is 16.0. The lowest BCUT2D eigenvalue weighted by atomic mass is 9.98. The van der Waals surface area contributed by atoms with E-state index in [0.29, 0.717) is 13.0 Å². The van der Waals surface area contributed by atoms with Crippen LogP contribution in [-0.4, -0.2) is 41.3 Å². The van der Waals surface area contributed by atoms with E-state index in [1.54, 1.807) is 0 Å². The summed E-state index contributed by atoms with van der Waals surface area (Å²) in [5, 5.41) is 17.5. The van der Waals surface area contributed by atoms with Gasteiger partial charge in [0.05, 0.1) is 17.1 Å². The summed E-state index contributed by atoms with van der Waals surface area (Å²) >= 11 is 0. The number of hydrogen-bond donors (Lipinski definition) is 4. The summed E-state index contributed by atoms with van der Waals surface area (Å²) in [5.74, 6) is -1.89. The number of alkyl halides is 3. The van der Waals surface area contributed by atoms with Crippen molar-refractivity contribution in [3.63, 3.8) is 0 Å². The number of benzene rings is 1. The minimum atomic E-state index is -4.60. The maximum Gasteiger partial charge on any atom is 0.418 e. The third-order valence-electron chi connectivity index (χ3n) is 5.69. The molecule has 0 radical (unpaired) electrons. The molecular weight excluding hydrogens is 451 g/mol. The number of nitrogens with zero attached hydrogens (tertiary/aromatic N) is 1. The van der Waals surface area contributed by atoms with Crippen LogP contribution in [0.4, 0.5) is 13.2 Å². The normalized spacial score (nSPS) is 17.8. The number of para-hydroxylation sites is 1.